The Balaban J connectivity index is 2.09. The van der Waals surface area contributed by atoms with Gasteiger partial charge in [-0.2, -0.15) is 0 Å². The van der Waals surface area contributed by atoms with Crippen LogP contribution in [0.4, 0.5) is 5.69 Å². The molecule has 1 atom stereocenters. The molecule has 0 fully saturated rings. The van der Waals surface area contributed by atoms with Crippen molar-refractivity contribution < 1.29 is 0 Å². The van der Waals surface area contributed by atoms with E-state index < -0.39 is 0 Å². The highest BCUT2D eigenvalue weighted by atomic mass is 79.9. The average molecular weight is 417 g/mol. The summed E-state index contributed by atoms with van der Waals surface area (Å²) in [6.07, 6.45) is 8.94. The molecule has 0 saturated carbocycles. The zero-order valence-electron chi connectivity index (χ0n) is 10.7. The number of alkyl halides is 1. The predicted octanol–water partition coefficient (Wildman–Crippen LogP) is 4.83. The van der Waals surface area contributed by atoms with Crippen molar-refractivity contribution in [3.05, 3.63) is 50.1 Å². The molecule has 0 saturated heterocycles. The van der Waals surface area contributed by atoms with Crippen LogP contribution in [0, 0.1) is 0 Å². The fourth-order valence-electron chi connectivity index (χ4n) is 2.56. The molecule has 5 heteroatoms. The number of anilines is 1. The highest BCUT2D eigenvalue weighted by Crippen LogP contribution is 2.38. The molecule has 0 bridgehead atoms. The van der Waals surface area contributed by atoms with Gasteiger partial charge in [0.2, 0.25) is 0 Å². The van der Waals surface area contributed by atoms with Crippen LogP contribution in [-0.4, -0.2) is 11.0 Å². The fraction of sp³-hybridized carbons (Fsp3) is 0.267. The number of nitrogens with zero attached hydrogens (tertiary/aromatic N) is 1. The van der Waals surface area contributed by atoms with Crippen molar-refractivity contribution in [2.24, 2.45) is 4.99 Å². The van der Waals surface area contributed by atoms with Crippen molar-refractivity contribution in [2.45, 2.75) is 24.1 Å². The highest BCUT2D eigenvalue weighted by Gasteiger charge is 2.20. The summed E-state index contributed by atoms with van der Waals surface area (Å²) in [7, 11) is 0. The van der Waals surface area contributed by atoms with Crippen LogP contribution in [0.15, 0.2) is 39.0 Å². The van der Waals surface area contributed by atoms with Crippen molar-refractivity contribution in [2.75, 3.05) is 5.73 Å². The topological polar surface area (TPSA) is 38.4 Å². The number of allylic oxidation sites excluding steroid dienone is 4. The van der Waals surface area contributed by atoms with Crippen LogP contribution in [0.1, 0.15) is 17.5 Å². The molecule has 2 nitrogen and oxygen atoms in total. The summed E-state index contributed by atoms with van der Waals surface area (Å²) in [6, 6.07) is 1.99. The second-order valence-electron chi connectivity index (χ2n) is 4.95. The van der Waals surface area contributed by atoms with Gasteiger partial charge in [0.1, 0.15) is 0 Å². The molecule has 0 spiro atoms. The van der Waals surface area contributed by atoms with E-state index in [4.69, 9.17) is 17.3 Å². The minimum Gasteiger partial charge on any atom is -0.397 e. The number of halogens is 3. The number of nitrogen functional groups attached to an aromatic ring is 1. The van der Waals surface area contributed by atoms with E-state index in [1.165, 1.54) is 16.7 Å². The first-order valence-corrected chi connectivity index (χ1v) is 8.48. The Bertz CT molecular complexity index is 662. The lowest BCUT2D eigenvalue weighted by Gasteiger charge is -2.12. The zero-order valence-corrected chi connectivity index (χ0v) is 14.6. The van der Waals surface area contributed by atoms with Gasteiger partial charge in [0.25, 0.3) is 0 Å². The first-order chi connectivity index (χ1) is 9.56. The average Bonchev–Trinajstić information content (AvgIpc) is 2.70. The van der Waals surface area contributed by atoms with Crippen LogP contribution in [0.25, 0.3) is 0 Å². The summed E-state index contributed by atoms with van der Waals surface area (Å²) < 4.78 is 0.910. The molecule has 0 radical (unpaired) electrons. The summed E-state index contributed by atoms with van der Waals surface area (Å²) in [5.41, 5.74) is 11.5. The summed E-state index contributed by atoms with van der Waals surface area (Å²) in [6.45, 7) is 0. The Morgan fingerprint density at radius 1 is 1.35 bits per heavy atom. The Kier molecular flexibility index (Phi) is 4.07. The molecule has 1 aromatic carbocycles. The van der Waals surface area contributed by atoms with Crippen LogP contribution >= 0.6 is 43.5 Å². The third-order valence-corrected chi connectivity index (χ3v) is 5.44. The third kappa shape index (κ3) is 2.61. The maximum absolute atomic E-state index is 6.18. The normalized spacial score (nSPS) is 21.2. The largest absolute Gasteiger partial charge is 0.397 e. The van der Waals surface area contributed by atoms with Gasteiger partial charge in [-0.25, -0.2) is 0 Å². The third-order valence-electron chi connectivity index (χ3n) is 3.68. The second kappa shape index (κ2) is 5.66. The Labute approximate surface area is 140 Å². The summed E-state index contributed by atoms with van der Waals surface area (Å²) in [5.74, 6) is 0. The van der Waals surface area contributed by atoms with Crippen LogP contribution in [0.3, 0.4) is 0 Å². The van der Waals surface area contributed by atoms with E-state index in [0.29, 0.717) is 10.7 Å². The smallest absolute Gasteiger partial charge is 0.0681 e. The highest BCUT2D eigenvalue weighted by molar-refractivity contribution is 9.10. The number of benzene rings is 1. The molecule has 1 aromatic rings. The lowest BCUT2D eigenvalue weighted by atomic mass is 10.0. The van der Waals surface area contributed by atoms with Crippen molar-refractivity contribution in [3.8, 4) is 0 Å². The number of nitrogens with two attached hydrogens (primary N) is 1. The van der Waals surface area contributed by atoms with Gasteiger partial charge in [-0.1, -0.05) is 39.7 Å². The molecule has 20 heavy (non-hydrogen) atoms. The molecule has 1 unspecified atom stereocenters. The van der Waals surface area contributed by atoms with Gasteiger partial charge >= 0.3 is 0 Å². The van der Waals surface area contributed by atoms with Crippen molar-refractivity contribution in [1.82, 2.24) is 0 Å². The van der Waals surface area contributed by atoms with Gasteiger partial charge < -0.3 is 5.73 Å². The molecule has 1 aliphatic heterocycles. The number of rotatable bonds is 0. The number of hydrogen-bond donors (Lipinski definition) is 1. The second-order valence-corrected chi connectivity index (χ2v) is 7.21. The molecule has 3 rings (SSSR count). The van der Waals surface area contributed by atoms with Crippen molar-refractivity contribution in [3.63, 3.8) is 0 Å². The van der Waals surface area contributed by atoms with Gasteiger partial charge in [0.15, 0.2) is 0 Å². The summed E-state index contributed by atoms with van der Waals surface area (Å²) >= 11 is 13.3. The van der Waals surface area contributed by atoms with E-state index in [1.807, 2.05) is 12.3 Å². The van der Waals surface area contributed by atoms with E-state index in [0.717, 1.165) is 29.4 Å². The fourth-order valence-corrected chi connectivity index (χ4v) is 3.78. The quantitative estimate of drug-likeness (QED) is 0.477. The van der Waals surface area contributed by atoms with Gasteiger partial charge in [-0.3, -0.25) is 4.99 Å². The maximum Gasteiger partial charge on any atom is 0.0681 e. The number of aliphatic imine (C=N–C) groups is 1. The molecule has 0 amide bonds. The van der Waals surface area contributed by atoms with E-state index >= 15 is 0 Å². The van der Waals surface area contributed by atoms with Crippen molar-refractivity contribution in [1.29, 1.82) is 0 Å². The zero-order chi connectivity index (χ0) is 14.3. The SMILES string of the molecule is Nc1c(Cl)cc2c(c1Br)CC1=C(C=CC(Br)C=N1)CC2. The Morgan fingerprint density at radius 3 is 2.95 bits per heavy atom. The lowest BCUT2D eigenvalue weighted by molar-refractivity contribution is 0.963. The predicted molar refractivity (Wildman–Crippen MR) is 93.0 cm³/mol. The molecule has 104 valence electrons. The molecule has 1 heterocycles. The van der Waals surface area contributed by atoms with E-state index in [9.17, 15) is 0 Å². The first-order valence-electron chi connectivity index (χ1n) is 6.40. The number of hydrogen-bond acceptors (Lipinski definition) is 2. The molecule has 2 aliphatic rings. The Hall–Kier alpha value is -0.580. The van der Waals surface area contributed by atoms with E-state index in [2.05, 4.69) is 49.0 Å². The molecular weight excluding hydrogens is 403 g/mol. The number of fused-ring (bicyclic) bond motifs is 1. The summed E-state index contributed by atoms with van der Waals surface area (Å²) in [5, 5.41) is 0.618. The van der Waals surface area contributed by atoms with E-state index in [-0.39, 0.29) is 4.83 Å². The molecule has 2 N–H and O–H groups in total. The van der Waals surface area contributed by atoms with Crippen LogP contribution in [0.5, 0.6) is 0 Å². The standard InChI is InChI=1S/C15H13Br2ClN2/c16-10-4-3-8-1-2-9-5-12(18)15(19)14(17)11(9)6-13(8)20-7-10/h3-5,7,10H,1-2,6,19H2. The number of aryl methyl sites for hydroxylation is 1. The molecular formula is C15H13Br2ClN2. The summed E-state index contributed by atoms with van der Waals surface area (Å²) in [4.78, 5) is 4.83. The van der Waals surface area contributed by atoms with Crippen molar-refractivity contribution >= 4 is 55.4 Å². The Morgan fingerprint density at radius 2 is 2.15 bits per heavy atom. The van der Waals surface area contributed by atoms with Gasteiger partial charge in [-0.05, 0) is 51.5 Å². The lowest BCUT2D eigenvalue weighted by Crippen LogP contribution is -2.00. The molecule has 1 aliphatic carbocycles. The minimum atomic E-state index is 0.202. The van der Waals surface area contributed by atoms with Crippen LogP contribution in [0.2, 0.25) is 5.02 Å². The monoisotopic (exact) mass is 414 g/mol. The van der Waals surface area contributed by atoms with Crippen LogP contribution < -0.4 is 5.73 Å². The first kappa shape index (κ1) is 14.4. The van der Waals surface area contributed by atoms with Gasteiger partial charge in [0, 0.05) is 22.8 Å². The minimum absolute atomic E-state index is 0.202. The van der Waals surface area contributed by atoms with Crippen LogP contribution in [-0.2, 0) is 12.8 Å². The van der Waals surface area contributed by atoms with Gasteiger partial charge in [-0.15, -0.1) is 0 Å². The van der Waals surface area contributed by atoms with E-state index in [1.54, 1.807) is 0 Å². The molecule has 0 aromatic heterocycles. The maximum atomic E-state index is 6.18. The van der Waals surface area contributed by atoms with Gasteiger partial charge in [0.05, 0.1) is 15.5 Å².